The van der Waals surface area contributed by atoms with Gasteiger partial charge in [-0.2, -0.15) is 0 Å². The summed E-state index contributed by atoms with van der Waals surface area (Å²) in [5.74, 6) is 1.84. The van der Waals surface area contributed by atoms with Crippen LogP contribution in [0.15, 0.2) is 6.07 Å². The van der Waals surface area contributed by atoms with Gasteiger partial charge in [0.15, 0.2) is 0 Å². The van der Waals surface area contributed by atoms with Gasteiger partial charge in [-0.3, -0.25) is 5.41 Å². The zero-order valence-electron chi connectivity index (χ0n) is 9.41. The molecule has 0 bridgehead atoms. The Morgan fingerprint density at radius 2 is 2.13 bits per heavy atom. The lowest BCUT2D eigenvalue weighted by Crippen LogP contribution is -2.24. The fourth-order valence-electron chi connectivity index (χ4n) is 1.30. The minimum absolute atomic E-state index is 0.198. The Kier molecular flexibility index (Phi) is 3.60. The van der Waals surface area contributed by atoms with Crippen molar-refractivity contribution < 1.29 is 0 Å². The van der Waals surface area contributed by atoms with Crippen molar-refractivity contribution in [1.82, 2.24) is 9.97 Å². The molecular formula is C10H17N5. The first-order chi connectivity index (χ1) is 6.99. The molecule has 1 heterocycles. The fraction of sp³-hybridized carbons (Fsp3) is 0.500. The summed E-state index contributed by atoms with van der Waals surface area (Å²) < 4.78 is 0. The highest BCUT2D eigenvalue weighted by Gasteiger charge is 2.04. The Bertz CT molecular complexity index is 341. The Balaban J connectivity index is 2.72. The summed E-state index contributed by atoms with van der Waals surface area (Å²) in [7, 11) is 1.93. The van der Waals surface area contributed by atoms with Crippen molar-refractivity contribution >= 4 is 11.7 Å². The second-order valence-electron chi connectivity index (χ2n) is 3.61. The summed E-state index contributed by atoms with van der Waals surface area (Å²) in [6, 6.07) is 1.92. The molecule has 0 atom stereocenters. The number of aromatic nitrogens is 2. The monoisotopic (exact) mass is 207 g/mol. The first kappa shape index (κ1) is 11.4. The molecule has 82 valence electrons. The number of nitrogens with two attached hydrogens (primary N) is 1. The molecule has 15 heavy (non-hydrogen) atoms. The molecule has 1 rings (SSSR count). The summed E-state index contributed by atoms with van der Waals surface area (Å²) in [5, 5.41) is 7.15. The second-order valence-corrected chi connectivity index (χ2v) is 3.61. The molecule has 0 amide bonds. The quantitative estimate of drug-likeness (QED) is 0.567. The van der Waals surface area contributed by atoms with Crippen molar-refractivity contribution in [2.24, 2.45) is 5.73 Å². The van der Waals surface area contributed by atoms with Gasteiger partial charge in [-0.05, 0) is 13.8 Å². The lowest BCUT2D eigenvalue weighted by molar-refractivity contribution is 0.868. The van der Waals surface area contributed by atoms with E-state index in [-0.39, 0.29) is 5.84 Å². The fourth-order valence-corrected chi connectivity index (χ4v) is 1.30. The molecule has 0 saturated carbocycles. The van der Waals surface area contributed by atoms with Gasteiger partial charge in [0.25, 0.3) is 0 Å². The molecule has 0 radical (unpaired) electrons. The van der Waals surface area contributed by atoms with Crippen molar-refractivity contribution in [1.29, 1.82) is 5.41 Å². The van der Waals surface area contributed by atoms with Crippen LogP contribution >= 0.6 is 0 Å². The lowest BCUT2D eigenvalue weighted by Gasteiger charge is -2.18. The largest absolute Gasteiger partial charge is 0.388 e. The van der Waals surface area contributed by atoms with Crippen molar-refractivity contribution in [2.75, 3.05) is 18.5 Å². The van der Waals surface area contributed by atoms with E-state index in [1.54, 1.807) is 0 Å². The van der Waals surface area contributed by atoms with Gasteiger partial charge in [-0.1, -0.05) is 0 Å². The van der Waals surface area contributed by atoms with Crippen LogP contribution in [0, 0.1) is 19.3 Å². The molecule has 0 aromatic carbocycles. The maximum absolute atomic E-state index is 7.15. The maximum atomic E-state index is 7.15. The Morgan fingerprint density at radius 1 is 1.47 bits per heavy atom. The van der Waals surface area contributed by atoms with Crippen LogP contribution in [0.4, 0.5) is 5.82 Å². The zero-order chi connectivity index (χ0) is 11.4. The predicted molar refractivity (Wildman–Crippen MR) is 61.3 cm³/mol. The summed E-state index contributed by atoms with van der Waals surface area (Å²) in [6.07, 6.45) is 0.554. The standard InChI is InChI=1S/C10H17N5/c1-7-6-10(14-8(2)13-7)15(3)5-4-9(11)12/h6H,4-5H2,1-3H3,(H3,11,12). The van der Waals surface area contributed by atoms with Gasteiger partial charge in [-0.15, -0.1) is 0 Å². The van der Waals surface area contributed by atoms with Gasteiger partial charge in [0.1, 0.15) is 11.6 Å². The molecule has 0 fully saturated rings. The van der Waals surface area contributed by atoms with E-state index in [2.05, 4.69) is 9.97 Å². The first-order valence-corrected chi connectivity index (χ1v) is 4.85. The molecule has 1 aromatic rings. The lowest BCUT2D eigenvalue weighted by atomic mass is 10.3. The van der Waals surface area contributed by atoms with Crippen LogP contribution in [0.5, 0.6) is 0 Å². The maximum Gasteiger partial charge on any atom is 0.132 e. The Labute approximate surface area is 89.8 Å². The van der Waals surface area contributed by atoms with E-state index in [1.807, 2.05) is 31.9 Å². The Morgan fingerprint density at radius 3 is 2.67 bits per heavy atom. The number of rotatable bonds is 4. The molecule has 0 saturated heterocycles. The van der Waals surface area contributed by atoms with Crippen LogP contribution in [0.25, 0.3) is 0 Å². The highest BCUT2D eigenvalue weighted by molar-refractivity contribution is 5.77. The van der Waals surface area contributed by atoms with Crippen molar-refractivity contribution in [3.8, 4) is 0 Å². The number of hydrogen-bond acceptors (Lipinski definition) is 4. The van der Waals surface area contributed by atoms with Crippen LogP contribution < -0.4 is 10.6 Å². The van der Waals surface area contributed by atoms with E-state index >= 15 is 0 Å². The van der Waals surface area contributed by atoms with Crippen molar-refractivity contribution in [2.45, 2.75) is 20.3 Å². The smallest absolute Gasteiger partial charge is 0.132 e. The van der Waals surface area contributed by atoms with Crippen LogP contribution in [0.1, 0.15) is 17.9 Å². The van der Waals surface area contributed by atoms with Crippen LogP contribution in [-0.4, -0.2) is 29.4 Å². The third-order valence-corrected chi connectivity index (χ3v) is 2.06. The minimum atomic E-state index is 0.198. The molecule has 1 aromatic heterocycles. The molecule has 0 unspecified atom stereocenters. The molecule has 0 aliphatic carbocycles. The van der Waals surface area contributed by atoms with E-state index in [9.17, 15) is 0 Å². The zero-order valence-corrected chi connectivity index (χ0v) is 9.41. The summed E-state index contributed by atoms with van der Waals surface area (Å²) in [5.41, 5.74) is 6.25. The van der Waals surface area contributed by atoms with E-state index in [4.69, 9.17) is 11.1 Å². The molecular weight excluding hydrogens is 190 g/mol. The SMILES string of the molecule is Cc1cc(N(C)CCC(=N)N)nc(C)n1. The number of amidine groups is 1. The van der Waals surface area contributed by atoms with Gasteiger partial charge in [-0.25, -0.2) is 9.97 Å². The highest BCUT2D eigenvalue weighted by atomic mass is 15.2. The van der Waals surface area contributed by atoms with Gasteiger partial charge in [0, 0.05) is 31.8 Å². The highest BCUT2D eigenvalue weighted by Crippen LogP contribution is 2.10. The predicted octanol–water partition coefficient (Wildman–Crippen LogP) is 0.856. The van der Waals surface area contributed by atoms with Gasteiger partial charge < -0.3 is 10.6 Å². The number of aryl methyl sites for hydroxylation is 2. The van der Waals surface area contributed by atoms with Crippen molar-refractivity contribution in [3.63, 3.8) is 0 Å². The number of nitrogens with one attached hydrogen (secondary N) is 1. The normalized spacial score (nSPS) is 10.1. The number of nitrogens with zero attached hydrogens (tertiary/aromatic N) is 3. The molecule has 0 aliphatic heterocycles. The molecule has 0 aliphatic rings. The van der Waals surface area contributed by atoms with Gasteiger partial charge >= 0.3 is 0 Å². The third-order valence-electron chi connectivity index (χ3n) is 2.06. The molecule has 5 nitrogen and oxygen atoms in total. The van der Waals surface area contributed by atoms with Crippen molar-refractivity contribution in [3.05, 3.63) is 17.6 Å². The van der Waals surface area contributed by atoms with E-state index < -0.39 is 0 Å². The van der Waals surface area contributed by atoms with E-state index in [0.29, 0.717) is 13.0 Å². The van der Waals surface area contributed by atoms with Crippen LogP contribution in [0.2, 0.25) is 0 Å². The summed E-state index contributed by atoms with van der Waals surface area (Å²) in [6.45, 7) is 4.51. The molecule has 5 heteroatoms. The topological polar surface area (TPSA) is 78.9 Å². The van der Waals surface area contributed by atoms with Gasteiger partial charge in [0.2, 0.25) is 0 Å². The van der Waals surface area contributed by atoms with E-state index in [1.165, 1.54) is 0 Å². The average Bonchev–Trinajstić information content (AvgIpc) is 2.12. The summed E-state index contributed by atoms with van der Waals surface area (Å²) in [4.78, 5) is 10.5. The molecule has 3 N–H and O–H groups in total. The Hall–Kier alpha value is -1.65. The first-order valence-electron chi connectivity index (χ1n) is 4.85. The minimum Gasteiger partial charge on any atom is -0.388 e. The number of anilines is 1. The second kappa shape index (κ2) is 4.72. The van der Waals surface area contributed by atoms with Gasteiger partial charge in [0.05, 0.1) is 5.84 Å². The molecule has 0 spiro atoms. The van der Waals surface area contributed by atoms with Crippen LogP contribution in [-0.2, 0) is 0 Å². The third kappa shape index (κ3) is 3.53. The van der Waals surface area contributed by atoms with E-state index in [0.717, 1.165) is 17.3 Å². The average molecular weight is 207 g/mol. The number of hydrogen-bond donors (Lipinski definition) is 2. The van der Waals surface area contributed by atoms with Crippen LogP contribution in [0.3, 0.4) is 0 Å². The summed E-state index contributed by atoms with van der Waals surface area (Å²) >= 11 is 0.